The summed E-state index contributed by atoms with van der Waals surface area (Å²) in [5.74, 6) is 1.32. The first-order valence-corrected chi connectivity index (χ1v) is 6.81. The zero-order valence-corrected chi connectivity index (χ0v) is 12.1. The number of anilines is 1. The van der Waals surface area contributed by atoms with E-state index in [0.717, 1.165) is 22.5 Å². The molecule has 0 aliphatic carbocycles. The number of aromatic nitrogens is 4. The Morgan fingerprint density at radius 3 is 2.76 bits per heavy atom. The molecule has 0 unspecified atom stereocenters. The zero-order valence-electron chi connectivity index (χ0n) is 12.1. The molecule has 0 aliphatic rings. The van der Waals surface area contributed by atoms with Gasteiger partial charge in [0.25, 0.3) is 0 Å². The molecule has 1 aromatic carbocycles. The van der Waals surface area contributed by atoms with Crippen LogP contribution in [0.4, 0.5) is 5.82 Å². The average Bonchev–Trinajstić information content (AvgIpc) is 2.93. The van der Waals surface area contributed by atoms with Gasteiger partial charge in [-0.15, -0.1) is 0 Å². The Kier molecular flexibility index (Phi) is 3.39. The van der Waals surface area contributed by atoms with Gasteiger partial charge in [0.15, 0.2) is 0 Å². The van der Waals surface area contributed by atoms with Crippen molar-refractivity contribution in [3.8, 4) is 11.1 Å². The molecule has 0 spiro atoms. The summed E-state index contributed by atoms with van der Waals surface area (Å²) in [6.07, 6.45) is 5.56. The largest absolute Gasteiger partial charge is 0.384 e. The third kappa shape index (κ3) is 2.76. The summed E-state index contributed by atoms with van der Waals surface area (Å²) < 4.78 is 1.80. The van der Waals surface area contributed by atoms with Crippen molar-refractivity contribution < 1.29 is 0 Å². The molecule has 3 aromatic rings. The minimum atomic E-state index is 0.0881. The molecule has 5 nitrogen and oxygen atoms in total. The van der Waals surface area contributed by atoms with Crippen LogP contribution >= 0.6 is 0 Å². The summed E-state index contributed by atoms with van der Waals surface area (Å²) in [7, 11) is 1.91. The van der Waals surface area contributed by atoms with Gasteiger partial charge in [-0.1, -0.05) is 31.2 Å². The first-order valence-electron chi connectivity index (χ1n) is 6.81. The predicted octanol–water partition coefficient (Wildman–Crippen LogP) is 2.61. The van der Waals surface area contributed by atoms with Crippen LogP contribution in [0.15, 0.2) is 48.9 Å². The molecule has 2 aromatic heterocycles. The van der Waals surface area contributed by atoms with Crippen LogP contribution in [0.1, 0.15) is 24.2 Å². The Labute approximate surface area is 123 Å². The van der Waals surface area contributed by atoms with Crippen LogP contribution < -0.4 is 5.73 Å². The van der Waals surface area contributed by atoms with Crippen LogP contribution in [-0.2, 0) is 7.05 Å². The van der Waals surface area contributed by atoms with E-state index in [-0.39, 0.29) is 5.92 Å². The van der Waals surface area contributed by atoms with Crippen molar-refractivity contribution in [2.75, 3.05) is 5.73 Å². The molecule has 2 heterocycles. The SMILES string of the molecule is C[C@@H](c1cccc(-c2cnn(C)c2)c1)c1nccc(N)n1. The van der Waals surface area contributed by atoms with Crippen LogP contribution in [0.2, 0.25) is 0 Å². The van der Waals surface area contributed by atoms with Gasteiger partial charge in [-0.25, -0.2) is 9.97 Å². The molecule has 0 aliphatic heterocycles. The van der Waals surface area contributed by atoms with E-state index in [4.69, 9.17) is 5.73 Å². The van der Waals surface area contributed by atoms with Crippen molar-refractivity contribution in [3.63, 3.8) is 0 Å². The van der Waals surface area contributed by atoms with Crippen LogP contribution in [0.5, 0.6) is 0 Å². The van der Waals surface area contributed by atoms with Gasteiger partial charge in [0, 0.05) is 30.9 Å². The van der Waals surface area contributed by atoms with Gasteiger partial charge in [-0.3, -0.25) is 4.68 Å². The Morgan fingerprint density at radius 2 is 2.05 bits per heavy atom. The molecule has 0 saturated heterocycles. The van der Waals surface area contributed by atoms with Crippen LogP contribution in [-0.4, -0.2) is 19.7 Å². The molecule has 3 rings (SSSR count). The molecule has 5 heteroatoms. The van der Waals surface area contributed by atoms with E-state index in [1.54, 1.807) is 16.9 Å². The van der Waals surface area contributed by atoms with Crippen LogP contribution in [0, 0.1) is 0 Å². The summed E-state index contributed by atoms with van der Waals surface area (Å²) in [6.45, 7) is 2.08. The van der Waals surface area contributed by atoms with Gasteiger partial charge >= 0.3 is 0 Å². The van der Waals surface area contributed by atoms with Gasteiger partial charge in [0.1, 0.15) is 11.6 Å². The second-order valence-electron chi connectivity index (χ2n) is 5.09. The second kappa shape index (κ2) is 5.36. The summed E-state index contributed by atoms with van der Waals surface area (Å²) in [5.41, 5.74) is 9.12. The first kappa shape index (κ1) is 13.3. The highest BCUT2D eigenvalue weighted by molar-refractivity contribution is 5.62. The number of nitrogens with two attached hydrogens (primary N) is 1. The highest BCUT2D eigenvalue weighted by Gasteiger charge is 2.12. The highest BCUT2D eigenvalue weighted by Crippen LogP contribution is 2.26. The highest BCUT2D eigenvalue weighted by atomic mass is 15.2. The Morgan fingerprint density at radius 1 is 1.19 bits per heavy atom. The minimum Gasteiger partial charge on any atom is -0.384 e. The van der Waals surface area contributed by atoms with E-state index in [1.807, 2.05) is 25.5 Å². The Bertz CT molecular complexity index is 763. The minimum absolute atomic E-state index is 0.0881. The predicted molar refractivity (Wildman–Crippen MR) is 82.6 cm³/mol. The first-order chi connectivity index (χ1) is 10.1. The monoisotopic (exact) mass is 279 g/mol. The molecular formula is C16H17N5. The van der Waals surface area contributed by atoms with Crippen molar-refractivity contribution >= 4 is 5.82 Å². The zero-order chi connectivity index (χ0) is 14.8. The van der Waals surface area contributed by atoms with E-state index in [2.05, 4.69) is 40.2 Å². The Hall–Kier alpha value is -2.69. The van der Waals surface area contributed by atoms with E-state index in [9.17, 15) is 0 Å². The number of nitrogen functional groups attached to an aromatic ring is 1. The molecule has 0 amide bonds. The van der Waals surface area contributed by atoms with Crippen LogP contribution in [0.3, 0.4) is 0 Å². The lowest BCUT2D eigenvalue weighted by Crippen LogP contribution is -2.04. The van der Waals surface area contributed by atoms with Gasteiger partial charge in [0.2, 0.25) is 0 Å². The fourth-order valence-electron chi connectivity index (χ4n) is 2.30. The van der Waals surface area contributed by atoms with Crippen molar-refractivity contribution in [2.45, 2.75) is 12.8 Å². The topological polar surface area (TPSA) is 69.6 Å². The van der Waals surface area contributed by atoms with E-state index in [1.165, 1.54) is 0 Å². The van der Waals surface area contributed by atoms with Crippen LogP contribution in [0.25, 0.3) is 11.1 Å². The fraction of sp³-hybridized carbons (Fsp3) is 0.188. The fourth-order valence-corrected chi connectivity index (χ4v) is 2.30. The number of hydrogen-bond acceptors (Lipinski definition) is 4. The number of aryl methyl sites for hydroxylation is 1. The van der Waals surface area contributed by atoms with Gasteiger partial charge in [-0.2, -0.15) is 5.10 Å². The molecule has 106 valence electrons. The van der Waals surface area contributed by atoms with E-state index < -0.39 is 0 Å². The lowest BCUT2D eigenvalue weighted by molar-refractivity contribution is 0.768. The normalized spacial score (nSPS) is 12.3. The number of nitrogens with zero attached hydrogens (tertiary/aromatic N) is 4. The van der Waals surface area contributed by atoms with Gasteiger partial charge < -0.3 is 5.73 Å². The van der Waals surface area contributed by atoms with Crippen molar-refractivity contribution in [1.29, 1.82) is 0 Å². The number of hydrogen-bond donors (Lipinski definition) is 1. The maximum absolute atomic E-state index is 5.74. The standard InChI is InChI=1S/C16H17N5/c1-11(16-18-7-6-15(17)20-16)12-4-3-5-13(8-12)14-9-19-21(2)10-14/h3-11H,1-2H3,(H2,17,18,20)/t11-/m0/s1. The summed E-state index contributed by atoms with van der Waals surface area (Å²) >= 11 is 0. The third-order valence-electron chi connectivity index (χ3n) is 3.51. The van der Waals surface area contributed by atoms with Crippen molar-refractivity contribution in [2.24, 2.45) is 7.05 Å². The van der Waals surface area contributed by atoms with Gasteiger partial charge in [-0.05, 0) is 17.2 Å². The third-order valence-corrected chi connectivity index (χ3v) is 3.51. The molecule has 1 atom stereocenters. The molecule has 0 saturated carbocycles. The van der Waals surface area contributed by atoms with E-state index >= 15 is 0 Å². The number of rotatable bonds is 3. The molecular weight excluding hydrogens is 262 g/mol. The molecule has 21 heavy (non-hydrogen) atoms. The second-order valence-corrected chi connectivity index (χ2v) is 5.09. The quantitative estimate of drug-likeness (QED) is 0.800. The smallest absolute Gasteiger partial charge is 0.137 e. The molecule has 2 N–H and O–H groups in total. The van der Waals surface area contributed by atoms with Crippen molar-refractivity contribution in [3.05, 3.63) is 60.3 Å². The lowest BCUT2D eigenvalue weighted by Gasteiger charge is -2.12. The summed E-state index contributed by atoms with van der Waals surface area (Å²) in [5, 5.41) is 4.21. The van der Waals surface area contributed by atoms with E-state index in [0.29, 0.717) is 5.82 Å². The molecule has 0 radical (unpaired) electrons. The molecule has 0 bridgehead atoms. The maximum atomic E-state index is 5.74. The van der Waals surface area contributed by atoms with Gasteiger partial charge in [0.05, 0.1) is 6.20 Å². The maximum Gasteiger partial charge on any atom is 0.137 e. The lowest BCUT2D eigenvalue weighted by atomic mass is 9.96. The average molecular weight is 279 g/mol. The number of benzene rings is 1. The Balaban J connectivity index is 1.96. The summed E-state index contributed by atoms with van der Waals surface area (Å²) in [4.78, 5) is 8.62. The summed E-state index contributed by atoms with van der Waals surface area (Å²) in [6, 6.07) is 10.0. The molecule has 0 fully saturated rings. The van der Waals surface area contributed by atoms with Crippen molar-refractivity contribution in [1.82, 2.24) is 19.7 Å².